The highest BCUT2D eigenvalue weighted by atomic mass is 31.2. The van der Waals surface area contributed by atoms with Gasteiger partial charge in [0.05, 0.1) is 25.4 Å². The molecule has 0 amide bonds. The average Bonchev–Trinajstić information content (AvgIpc) is 3.11. The van der Waals surface area contributed by atoms with E-state index in [9.17, 15) is 28.8 Å². The maximum atomic E-state index is 15.3. The lowest BCUT2D eigenvalue weighted by molar-refractivity contribution is -0.149. The van der Waals surface area contributed by atoms with Gasteiger partial charge in [-0.15, -0.1) is 0 Å². The molecule has 1 aromatic rings. The van der Waals surface area contributed by atoms with Crippen LogP contribution in [-0.2, 0) is 32.9 Å². The zero-order valence-corrected chi connectivity index (χ0v) is 24.2. The Morgan fingerprint density at radius 3 is 2.20 bits per heavy atom. The molecule has 2 unspecified atom stereocenters. The molecule has 6 atom stereocenters. The number of halogens is 1. The molecule has 0 aromatic carbocycles. The second-order valence-electron chi connectivity index (χ2n) is 9.87. The van der Waals surface area contributed by atoms with Crippen molar-refractivity contribution in [3.05, 3.63) is 43.5 Å². The van der Waals surface area contributed by atoms with Crippen molar-refractivity contribution in [2.75, 3.05) is 13.2 Å². The number of rotatable bonds is 14. The zero-order valence-electron chi connectivity index (χ0n) is 23.3. The van der Waals surface area contributed by atoms with Crippen LogP contribution in [0.5, 0.6) is 0 Å². The molecule has 4 N–H and O–H groups in total. The van der Waals surface area contributed by atoms with E-state index in [0.717, 1.165) is 12.3 Å². The molecule has 0 spiro atoms. The van der Waals surface area contributed by atoms with Crippen molar-refractivity contribution in [1.82, 2.24) is 19.7 Å². The predicted molar refractivity (Wildman–Crippen MR) is 140 cm³/mol. The van der Waals surface area contributed by atoms with Crippen molar-refractivity contribution in [2.24, 2.45) is 5.11 Å². The lowest BCUT2D eigenvalue weighted by Crippen LogP contribution is -2.50. The predicted octanol–water partition coefficient (Wildman–Crippen LogP) is 0.798. The fourth-order valence-electron chi connectivity index (χ4n) is 3.70. The van der Waals surface area contributed by atoms with E-state index >= 15 is 4.39 Å². The molecule has 0 radical (unpaired) electrons. The van der Waals surface area contributed by atoms with E-state index in [1.807, 2.05) is 4.98 Å². The number of nitrogens with one attached hydrogen (secondary N) is 3. The molecule has 1 saturated heterocycles. The highest BCUT2D eigenvalue weighted by Gasteiger charge is 2.57. The number of hydrogen-bond acceptors (Lipinski definition) is 11. The number of carbonyl (C=O) groups is 2. The van der Waals surface area contributed by atoms with Gasteiger partial charge in [-0.2, -0.15) is 0 Å². The fourth-order valence-corrected chi connectivity index (χ4v) is 5.56. The number of ether oxygens (including phenoxy) is 3. The van der Waals surface area contributed by atoms with Crippen LogP contribution in [0.15, 0.2) is 27.0 Å². The SMILES string of the molecule is CC(C)OC(=O)C(C)NP(=O)(NC(C)C(=O)OC(C)C)OC[C@@]1(CN=[N+]=[N-])O[C@@H](n2ccc(=O)[nH]c2=O)[C@H](F)[C@@H]1O. The van der Waals surface area contributed by atoms with Gasteiger partial charge >= 0.3 is 25.3 Å². The second-order valence-corrected chi connectivity index (χ2v) is 11.7. The summed E-state index contributed by atoms with van der Waals surface area (Å²) in [4.78, 5) is 53.0. The minimum Gasteiger partial charge on any atom is -0.462 e. The van der Waals surface area contributed by atoms with Gasteiger partial charge in [0.25, 0.3) is 5.56 Å². The van der Waals surface area contributed by atoms with E-state index in [1.165, 1.54) is 13.8 Å². The van der Waals surface area contributed by atoms with E-state index < -0.39 is 92.4 Å². The van der Waals surface area contributed by atoms with Crippen molar-refractivity contribution < 1.29 is 42.4 Å². The number of aromatic amines is 1. The van der Waals surface area contributed by atoms with Crippen LogP contribution in [-0.4, -0.2) is 81.9 Å². The summed E-state index contributed by atoms with van der Waals surface area (Å²) >= 11 is 0. The van der Waals surface area contributed by atoms with Crippen LogP contribution in [0, 0.1) is 0 Å². The lowest BCUT2D eigenvalue weighted by Gasteiger charge is -2.33. The molecule has 230 valence electrons. The molecule has 1 fully saturated rings. The molecule has 17 nitrogen and oxygen atoms in total. The Kier molecular flexibility index (Phi) is 11.8. The third kappa shape index (κ3) is 8.94. The molecular formula is C22H35FN7O10P. The van der Waals surface area contributed by atoms with Gasteiger partial charge in [-0.05, 0) is 47.1 Å². The van der Waals surface area contributed by atoms with E-state index in [2.05, 4.69) is 20.2 Å². The number of esters is 2. The molecule has 41 heavy (non-hydrogen) atoms. The average molecular weight is 608 g/mol. The number of H-pyrrole nitrogens is 1. The van der Waals surface area contributed by atoms with Crippen LogP contribution in [0.3, 0.4) is 0 Å². The first-order valence-electron chi connectivity index (χ1n) is 12.6. The number of nitrogens with zero attached hydrogens (tertiary/aromatic N) is 4. The van der Waals surface area contributed by atoms with E-state index in [4.69, 9.17) is 24.3 Å². The molecular weight excluding hydrogens is 572 g/mol. The Bertz CT molecular complexity index is 1270. The first-order valence-corrected chi connectivity index (χ1v) is 14.2. The number of alkyl halides is 1. The quantitative estimate of drug-likeness (QED) is 0.0755. The molecule has 0 aliphatic carbocycles. The maximum absolute atomic E-state index is 15.3. The third-order valence-electron chi connectivity index (χ3n) is 5.62. The number of aliphatic hydroxyl groups is 1. The normalized spacial score (nSPS) is 25.3. The monoisotopic (exact) mass is 607 g/mol. The topological polar surface area (TPSA) is 236 Å². The van der Waals surface area contributed by atoms with Crippen LogP contribution < -0.4 is 21.4 Å². The van der Waals surface area contributed by atoms with Crippen LogP contribution >= 0.6 is 7.67 Å². The summed E-state index contributed by atoms with van der Waals surface area (Å²) in [6, 6.07) is -1.59. The number of aromatic nitrogens is 2. The molecule has 0 bridgehead atoms. The Balaban J connectivity index is 2.42. The summed E-state index contributed by atoms with van der Waals surface area (Å²) in [6.45, 7) is 7.32. The van der Waals surface area contributed by atoms with Gasteiger partial charge in [0.15, 0.2) is 12.4 Å². The summed E-state index contributed by atoms with van der Waals surface area (Å²) in [5.74, 6) is -1.63. The highest BCUT2D eigenvalue weighted by molar-refractivity contribution is 7.54. The lowest BCUT2D eigenvalue weighted by atomic mass is 9.97. The van der Waals surface area contributed by atoms with Gasteiger partial charge in [-0.1, -0.05) is 5.11 Å². The first kappa shape index (κ1) is 34.1. The summed E-state index contributed by atoms with van der Waals surface area (Å²) < 4.78 is 51.3. The molecule has 1 aliphatic rings. The van der Waals surface area contributed by atoms with Gasteiger partial charge in [-0.25, -0.2) is 19.4 Å². The van der Waals surface area contributed by atoms with Crippen molar-refractivity contribution in [3.63, 3.8) is 0 Å². The Morgan fingerprint density at radius 1 is 1.20 bits per heavy atom. The van der Waals surface area contributed by atoms with Crippen LogP contribution in [0.4, 0.5) is 4.39 Å². The first-order chi connectivity index (χ1) is 19.0. The Morgan fingerprint density at radius 2 is 1.73 bits per heavy atom. The molecule has 2 rings (SSSR count). The van der Waals surface area contributed by atoms with Gasteiger partial charge in [-0.3, -0.25) is 28.5 Å². The van der Waals surface area contributed by atoms with Crippen molar-refractivity contribution in [2.45, 2.75) is 89.9 Å². The largest absolute Gasteiger partial charge is 0.462 e. The van der Waals surface area contributed by atoms with E-state index in [0.29, 0.717) is 4.57 Å². The van der Waals surface area contributed by atoms with Gasteiger partial charge in [0, 0.05) is 17.2 Å². The fraction of sp³-hybridized carbons (Fsp3) is 0.727. The minimum absolute atomic E-state index is 0.510. The van der Waals surface area contributed by atoms with Crippen LogP contribution in [0.25, 0.3) is 10.4 Å². The van der Waals surface area contributed by atoms with Crippen LogP contribution in [0.1, 0.15) is 47.8 Å². The molecule has 2 heterocycles. The van der Waals surface area contributed by atoms with Crippen LogP contribution in [0.2, 0.25) is 0 Å². The Hall–Kier alpha value is -3.11. The number of aliphatic hydroxyl groups excluding tert-OH is 1. The standard InChI is InChI=1S/C22H35FN7O10P/c1-11(2)38-19(33)13(5)27-41(36,28-14(6)20(34)39-12(3)4)37-10-22(9-25-29-24)17(32)16(23)18(40-22)30-8-7-15(31)26-21(30)35/h7-8,11-14,16-18,32H,9-10H2,1-6H3,(H,26,31,35)(H2,27,28,36)/t13?,14?,16-,17+,18-,22-,41?/m1/s1. The Labute approximate surface area is 233 Å². The molecule has 1 aromatic heterocycles. The van der Waals surface area contributed by atoms with E-state index in [-0.39, 0.29) is 0 Å². The molecule has 1 aliphatic heterocycles. The summed E-state index contributed by atoms with van der Waals surface area (Å²) in [6.07, 6.45) is -6.30. The van der Waals surface area contributed by atoms with E-state index in [1.54, 1.807) is 27.7 Å². The molecule has 0 saturated carbocycles. The van der Waals surface area contributed by atoms with Crippen molar-refractivity contribution in [3.8, 4) is 0 Å². The second kappa shape index (κ2) is 14.2. The smallest absolute Gasteiger partial charge is 0.342 e. The summed E-state index contributed by atoms with van der Waals surface area (Å²) in [5.41, 5.74) is 4.86. The number of carbonyl (C=O) groups excluding carboxylic acids is 2. The highest BCUT2D eigenvalue weighted by Crippen LogP contribution is 2.45. The zero-order chi connectivity index (χ0) is 31.1. The maximum Gasteiger partial charge on any atom is 0.342 e. The third-order valence-corrected chi connectivity index (χ3v) is 7.57. The summed E-state index contributed by atoms with van der Waals surface area (Å²) in [7, 11) is -4.47. The van der Waals surface area contributed by atoms with Crippen molar-refractivity contribution in [1.29, 1.82) is 0 Å². The molecule has 19 heteroatoms. The van der Waals surface area contributed by atoms with Gasteiger partial charge in [0.2, 0.25) is 0 Å². The minimum atomic E-state index is -4.47. The number of azide groups is 1. The van der Waals surface area contributed by atoms with Gasteiger partial charge < -0.3 is 23.8 Å². The van der Waals surface area contributed by atoms with Gasteiger partial charge in [0.1, 0.15) is 23.8 Å². The summed E-state index contributed by atoms with van der Waals surface area (Å²) in [5, 5.41) is 19.0. The van der Waals surface area contributed by atoms with Crippen molar-refractivity contribution >= 4 is 19.6 Å². The number of hydrogen-bond donors (Lipinski definition) is 4.